The molecule has 0 atom stereocenters. The molecular weight excluding hydrogens is 319 g/mol. The van der Waals surface area contributed by atoms with Gasteiger partial charge in [-0.15, -0.1) is 7.92 Å². The minimum absolute atomic E-state index is 0.344. The lowest BCUT2D eigenvalue weighted by Crippen LogP contribution is -1.98. The summed E-state index contributed by atoms with van der Waals surface area (Å²) in [4.78, 5) is 0. The molecular formula is C24H51P. The topological polar surface area (TPSA) is 0 Å². The summed E-state index contributed by atoms with van der Waals surface area (Å²) in [5.74, 6) is 2.68. The smallest absolute Gasteiger partial charge is 0.0326 e. The zero-order valence-corrected chi connectivity index (χ0v) is 19.7. The van der Waals surface area contributed by atoms with Crippen molar-refractivity contribution >= 4 is 7.92 Å². The highest BCUT2D eigenvalue weighted by Gasteiger charge is 2.08. The highest BCUT2D eigenvalue weighted by Crippen LogP contribution is 2.39. The van der Waals surface area contributed by atoms with Crippen LogP contribution in [0.5, 0.6) is 0 Å². The van der Waals surface area contributed by atoms with E-state index in [2.05, 4.69) is 41.5 Å². The van der Waals surface area contributed by atoms with E-state index in [-0.39, 0.29) is 0 Å². The summed E-state index contributed by atoms with van der Waals surface area (Å²) < 4.78 is 0. The standard InChI is InChI=1S/C24H51P/c1-22(2)16-10-7-13-19-25(20-14-8-11-17-23(3)4)21-15-9-12-18-24(5)6/h22-24H,7-21H2,1-6H3. The van der Waals surface area contributed by atoms with Crippen molar-refractivity contribution in [3.8, 4) is 0 Å². The van der Waals surface area contributed by atoms with E-state index in [1.807, 2.05) is 0 Å². The van der Waals surface area contributed by atoms with Crippen LogP contribution in [0.1, 0.15) is 119 Å². The molecule has 25 heavy (non-hydrogen) atoms. The molecule has 0 rings (SSSR count). The first-order chi connectivity index (χ1) is 11.9. The Balaban J connectivity index is 3.87. The summed E-state index contributed by atoms with van der Waals surface area (Å²) in [6.45, 7) is 14.2. The maximum absolute atomic E-state index is 2.36. The van der Waals surface area contributed by atoms with Gasteiger partial charge < -0.3 is 0 Å². The van der Waals surface area contributed by atoms with Gasteiger partial charge in [-0.3, -0.25) is 0 Å². The molecule has 0 unspecified atom stereocenters. The average Bonchev–Trinajstić information content (AvgIpc) is 2.52. The molecule has 0 aliphatic heterocycles. The van der Waals surface area contributed by atoms with Gasteiger partial charge in [0.2, 0.25) is 0 Å². The second-order valence-corrected chi connectivity index (χ2v) is 12.3. The summed E-state index contributed by atoms with van der Waals surface area (Å²) in [7, 11) is 0.344. The molecule has 0 aliphatic rings. The van der Waals surface area contributed by atoms with Gasteiger partial charge in [-0.25, -0.2) is 0 Å². The predicted molar refractivity (Wildman–Crippen MR) is 121 cm³/mol. The van der Waals surface area contributed by atoms with Crippen LogP contribution in [-0.2, 0) is 0 Å². The fourth-order valence-corrected chi connectivity index (χ4v) is 6.21. The molecule has 0 fully saturated rings. The average molecular weight is 371 g/mol. The summed E-state index contributed by atoms with van der Waals surface area (Å²) in [5.41, 5.74) is 0. The predicted octanol–water partition coefficient (Wildman–Crippen LogP) is 9.12. The van der Waals surface area contributed by atoms with Gasteiger partial charge in [0.1, 0.15) is 0 Å². The van der Waals surface area contributed by atoms with Gasteiger partial charge in [0.25, 0.3) is 0 Å². The van der Waals surface area contributed by atoms with Crippen molar-refractivity contribution in [1.29, 1.82) is 0 Å². The molecule has 0 spiro atoms. The van der Waals surface area contributed by atoms with E-state index >= 15 is 0 Å². The molecule has 0 amide bonds. The Kier molecular flexibility index (Phi) is 18.1. The Morgan fingerprint density at radius 3 is 0.920 bits per heavy atom. The van der Waals surface area contributed by atoms with Crippen molar-refractivity contribution in [3.05, 3.63) is 0 Å². The van der Waals surface area contributed by atoms with Crippen molar-refractivity contribution in [3.63, 3.8) is 0 Å². The molecule has 0 aromatic rings. The quantitative estimate of drug-likeness (QED) is 0.167. The lowest BCUT2D eigenvalue weighted by Gasteiger charge is -2.18. The third-order valence-corrected chi connectivity index (χ3v) is 8.11. The van der Waals surface area contributed by atoms with Crippen LogP contribution in [0.2, 0.25) is 0 Å². The fourth-order valence-electron chi connectivity index (χ4n) is 3.53. The molecule has 0 aromatic heterocycles. The summed E-state index contributed by atoms with van der Waals surface area (Å²) in [6.07, 6.45) is 22.4. The zero-order chi connectivity index (χ0) is 18.9. The maximum Gasteiger partial charge on any atom is -0.0326 e. The Morgan fingerprint density at radius 2 is 0.680 bits per heavy atom. The lowest BCUT2D eigenvalue weighted by molar-refractivity contribution is 0.531. The Bertz CT molecular complexity index is 214. The van der Waals surface area contributed by atoms with Gasteiger partial charge in [-0.05, 0) is 55.5 Å². The first-order valence-corrected chi connectivity index (χ1v) is 13.5. The van der Waals surface area contributed by atoms with Crippen molar-refractivity contribution in [2.45, 2.75) is 119 Å². The molecule has 0 bridgehead atoms. The van der Waals surface area contributed by atoms with Crippen LogP contribution in [-0.4, -0.2) is 18.5 Å². The molecule has 0 saturated carbocycles. The maximum atomic E-state index is 2.36. The van der Waals surface area contributed by atoms with Crippen molar-refractivity contribution in [2.24, 2.45) is 17.8 Å². The third kappa shape index (κ3) is 20.6. The molecule has 0 N–H and O–H groups in total. The Labute approximate surface area is 163 Å². The van der Waals surface area contributed by atoms with E-state index in [0.717, 1.165) is 17.8 Å². The SMILES string of the molecule is CC(C)CCCCCP(CCCCCC(C)C)CCCCCC(C)C. The van der Waals surface area contributed by atoms with E-state index in [9.17, 15) is 0 Å². The fraction of sp³-hybridized carbons (Fsp3) is 1.00. The van der Waals surface area contributed by atoms with Gasteiger partial charge in [0.05, 0.1) is 0 Å². The van der Waals surface area contributed by atoms with Crippen LogP contribution in [0.15, 0.2) is 0 Å². The summed E-state index contributed by atoms with van der Waals surface area (Å²) in [5, 5.41) is 0. The van der Waals surface area contributed by atoms with Gasteiger partial charge in [0, 0.05) is 0 Å². The number of hydrogen-bond donors (Lipinski definition) is 0. The Morgan fingerprint density at radius 1 is 0.400 bits per heavy atom. The minimum Gasteiger partial charge on any atom is -0.107 e. The van der Waals surface area contributed by atoms with Crippen LogP contribution >= 0.6 is 7.92 Å². The van der Waals surface area contributed by atoms with Gasteiger partial charge in [-0.1, -0.05) is 99.3 Å². The molecule has 0 aromatic carbocycles. The van der Waals surface area contributed by atoms with Crippen molar-refractivity contribution < 1.29 is 0 Å². The highest BCUT2D eigenvalue weighted by atomic mass is 31.1. The van der Waals surface area contributed by atoms with Gasteiger partial charge in [-0.2, -0.15) is 0 Å². The zero-order valence-electron chi connectivity index (χ0n) is 18.8. The largest absolute Gasteiger partial charge is 0.107 e. The van der Waals surface area contributed by atoms with E-state index in [1.54, 1.807) is 18.5 Å². The molecule has 0 saturated heterocycles. The van der Waals surface area contributed by atoms with Crippen LogP contribution in [0.3, 0.4) is 0 Å². The highest BCUT2D eigenvalue weighted by molar-refractivity contribution is 7.57. The van der Waals surface area contributed by atoms with Gasteiger partial charge in [0.15, 0.2) is 0 Å². The van der Waals surface area contributed by atoms with Crippen LogP contribution < -0.4 is 0 Å². The van der Waals surface area contributed by atoms with Crippen LogP contribution in [0.4, 0.5) is 0 Å². The van der Waals surface area contributed by atoms with Crippen molar-refractivity contribution in [1.82, 2.24) is 0 Å². The third-order valence-electron chi connectivity index (χ3n) is 5.27. The summed E-state index contributed by atoms with van der Waals surface area (Å²) in [6, 6.07) is 0. The molecule has 0 radical (unpaired) electrons. The first kappa shape index (κ1) is 25.4. The normalized spacial score (nSPS) is 12.2. The number of unbranched alkanes of at least 4 members (excludes halogenated alkanes) is 6. The monoisotopic (exact) mass is 370 g/mol. The van der Waals surface area contributed by atoms with Crippen LogP contribution in [0.25, 0.3) is 0 Å². The second kappa shape index (κ2) is 17.8. The Hall–Kier alpha value is 0.430. The van der Waals surface area contributed by atoms with Crippen molar-refractivity contribution in [2.75, 3.05) is 18.5 Å². The van der Waals surface area contributed by atoms with E-state index < -0.39 is 0 Å². The number of rotatable bonds is 18. The van der Waals surface area contributed by atoms with Crippen LogP contribution in [0, 0.1) is 17.8 Å². The molecule has 0 heterocycles. The molecule has 0 aliphatic carbocycles. The molecule has 1 heteroatoms. The lowest BCUT2D eigenvalue weighted by atomic mass is 10.1. The van der Waals surface area contributed by atoms with E-state index in [0.29, 0.717) is 7.92 Å². The molecule has 0 nitrogen and oxygen atoms in total. The minimum atomic E-state index is 0.344. The number of hydrogen-bond acceptors (Lipinski definition) is 0. The van der Waals surface area contributed by atoms with Gasteiger partial charge >= 0.3 is 0 Å². The van der Waals surface area contributed by atoms with E-state index in [4.69, 9.17) is 0 Å². The second-order valence-electron chi connectivity index (χ2n) is 9.57. The first-order valence-electron chi connectivity index (χ1n) is 11.6. The molecule has 152 valence electrons. The summed E-state index contributed by atoms with van der Waals surface area (Å²) >= 11 is 0. The van der Waals surface area contributed by atoms with E-state index in [1.165, 1.54) is 77.0 Å².